The number of nitrogens with zero attached hydrogens (tertiary/aromatic N) is 12. The van der Waals surface area contributed by atoms with Crippen LogP contribution in [0.4, 0.5) is 64.9 Å². The number of Topliss-reactive ketones (excluding diaryl/α,β-unsaturated/α-hetero) is 3. The number of benzene rings is 7. The van der Waals surface area contributed by atoms with Crippen LogP contribution in [0, 0.1) is 92.5 Å². The molecule has 38 heteroatoms. The number of aliphatic imine (C=N–C) groups is 1. The number of aliphatic hydroxyl groups is 1. The Morgan fingerprint density at radius 3 is 1.21 bits per heavy atom. The molecule has 0 saturated carbocycles. The van der Waals surface area contributed by atoms with E-state index in [1.165, 1.54) is 107 Å². The van der Waals surface area contributed by atoms with Gasteiger partial charge in [0.2, 0.25) is 0 Å². The summed E-state index contributed by atoms with van der Waals surface area (Å²) in [7, 11) is 1.94. The third kappa shape index (κ3) is 30.3. The van der Waals surface area contributed by atoms with E-state index in [0.29, 0.717) is 88.1 Å². The number of aldehydes is 1. The minimum Gasteiger partial charge on any atom is -0.478 e. The lowest BCUT2D eigenvalue weighted by molar-refractivity contribution is 0.0690. The maximum atomic E-state index is 14.6. The molecule has 7 aromatic carbocycles. The number of carbonyl (C=O) groups excluding carboxylic acids is 4. The van der Waals surface area contributed by atoms with E-state index < -0.39 is 46.4 Å². The van der Waals surface area contributed by atoms with Crippen LogP contribution < -0.4 is 0 Å². The second-order valence-corrected chi connectivity index (χ2v) is 30.0. The highest BCUT2D eigenvalue weighted by molar-refractivity contribution is 7.18. The quantitative estimate of drug-likeness (QED) is 0.00856. The van der Waals surface area contributed by atoms with E-state index in [1.54, 1.807) is 54.6 Å². The van der Waals surface area contributed by atoms with Crippen molar-refractivity contribution in [3.63, 3.8) is 0 Å². The van der Waals surface area contributed by atoms with Crippen LogP contribution in [0.15, 0.2) is 200 Å². The second kappa shape index (κ2) is 50.3. The Bertz CT molecular complexity index is 6210. The molecule has 124 heavy (non-hydrogen) atoms. The molecule has 628 valence electrons. The number of aromatic carboxylic acids is 1. The molecular weight excluding hydrogens is 1780 g/mol. The molecule has 23 nitrogen and oxygen atoms in total. The van der Waals surface area contributed by atoms with Crippen molar-refractivity contribution in [2.24, 2.45) is 15.3 Å². The van der Waals surface area contributed by atoms with Gasteiger partial charge in [-0.2, -0.15) is 0 Å². The fourth-order valence-corrected chi connectivity index (χ4v) is 13.1. The number of aryl methyl sites for hydroxylation is 2. The monoisotopic (exact) mass is 1840 g/mol. The third-order valence-corrected chi connectivity index (χ3v) is 20.3. The Morgan fingerprint density at radius 1 is 0.508 bits per heavy atom. The molecule has 0 unspecified atom stereocenters. The average Bonchev–Trinajstić information content (AvgIpc) is 1.62. The standard InChI is InChI=1S/C20H17ClFN3O2S.C17H10ClFN2O2S.C9H7ClOS.2C8H4ClFN2O.C8H4FNO2.C8H6FNO.C8H4FNO/c1-25-9-8-23-20(25)12-2-4-14(15(22)10-12)16-11-13(27-24-16)3-5-17(26)18-6-7-19(21)28-18;1-20-10-2-4-12(13(19)8-10)14-9-11(23-21-14)3-5-15(22)16-6-7-17(18)24-16;1-2-3-4-7(11)8-5-6-9(10)12-8;2*1-11-5-2-3-6(7(10)4-5)8(9)12-13;1-10-5-2-3-6(8(11)12)7(9)4-5;2*1-10-7-3-2-6(5-11)8(9)4-7/h2,4,6-7,10-11H,3,5,8-9H2,1H3;2,4,6-9H,3,5H2;1,5-6H,3-4H2;2*2-4,13H;2-4H,(H,11,12);2-4,11H,5H2;2-5H/b;;;2*12-8-;;;. The topological polar surface area (TPSA) is 285 Å². The molecule has 0 spiro atoms. The summed E-state index contributed by atoms with van der Waals surface area (Å²) >= 11 is 31.9. The summed E-state index contributed by atoms with van der Waals surface area (Å²) in [5.41, 5.74) is 2.94. The molecule has 0 bridgehead atoms. The number of amidine groups is 1. The van der Waals surface area contributed by atoms with Crippen molar-refractivity contribution in [1.29, 1.82) is 0 Å². The van der Waals surface area contributed by atoms with Crippen LogP contribution in [-0.4, -0.2) is 102 Å². The molecule has 0 amide bonds. The van der Waals surface area contributed by atoms with Crippen LogP contribution in [0.3, 0.4) is 0 Å². The summed E-state index contributed by atoms with van der Waals surface area (Å²) in [6.45, 7) is 40.9. The molecular formula is C86H56Cl5F7N12O11S3. The highest BCUT2D eigenvalue weighted by Crippen LogP contribution is 2.32. The van der Waals surface area contributed by atoms with Crippen LogP contribution in [-0.2, 0) is 19.4 Å². The molecule has 0 atom stereocenters. The molecule has 0 aliphatic carbocycles. The van der Waals surface area contributed by atoms with E-state index in [9.17, 15) is 54.7 Å². The van der Waals surface area contributed by atoms with Gasteiger partial charge in [-0.05, 0) is 84.9 Å². The van der Waals surface area contributed by atoms with Gasteiger partial charge >= 0.3 is 5.97 Å². The number of carboxylic acids is 1. The lowest BCUT2D eigenvalue weighted by Gasteiger charge is -2.14. The number of aromatic nitrogens is 2. The number of carbonyl (C=O) groups is 5. The molecule has 6 heterocycles. The molecule has 0 fully saturated rings. The van der Waals surface area contributed by atoms with Gasteiger partial charge in [-0.1, -0.05) is 157 Å². The van der Waals surface area contributed by atoms with E-state index in [2.05, 4.69) is 60.6 Å². The normalized spacial score (nSPS) is 10.8. The van der Waals surface area contributed by atoms with Crippen LogP contribution in [0.1, 0.15) is 109 Å². The zero-order valence-corrected chi connectivity index (χ0v) is 69.8. The smallest absolute Gasteiger partial charge is 0.338 e. The van der Waals surface area contributed by atoms with E-state index in [-0.39, 0.29) is 115 Å². The number of hydrogen-bond donors (Lipinski definition) is 4. The first kappa shape index (κ1) is 98.9. The second-order valence-electron chi connectivity index (χ2n) is 24.1. The number of hydrogen-bond acceptors (Lipinski definition) is 19. The van der Waals surface area contributed by atoms with Gasteiger partial charge in [0.15, 0.2) is 68.1 Å². The zero-order chi connectivity index (χ0) is 91.1. The summed E-state index contributed by atoms with van der Waals surface area (Å²) in [6, 6.07) is 41.0. The minimum atomic E-state index is -1.33. The zero-order valence-electron chi connectivity index (χ0n) is 63.5. The van der Waals surface area contributed by atoms with Crippen LogP contribution in [0.2, 0.25) is 13.0 Å². The molecule has 1 aliphatic heterocycles. The summed E-state index contributed by atoms with van der Waals surface area (Å²) in [6.07, 6.45) is 7.65. The van der Waals surface area contributed by atoms with Crippen molar-refractivity contribution in [3.8, 4) is 34.9 Å². The molecule has 13 rings (SSSR count). The summed E-state index contributed by atoms with van der Waals surface area (Å²) < 4.78 is 105. The van der Waals surface area contributed by atoms with E-state index in [0.717, 1.165) is 67.0 Å². The number of ketones is 3. The number of rotatable bonds is 19. The summed E-state index contributed by atoms with van der Waals surface area (Å²) in [4.78, 5) is 82.4. The summed E-state index contributed by atoms with van der Waals surface area (Å²) in [5.74, 6) is -1.38. The fraction of sp³-hybridized carbons (Fsp3) is 0.116. The van der Waals surface area contributed by atoms with Crippen molar-refractivity contribution < 1.29 is 84.4 Å². The van der Waals surface area contributed by atoms with Crippen LogP contribution in [0.25, 0.3) is 51.6 Å². The van der Waals surface area contributed by atoms with Gasteiger partial charge in [0.1, 0.15) is 69.5 Å². The van der Waals surface area contributed by atoms with Crippen LogP contribution >= 0.6 is 92.0 Å². The predicted molar refractivity (Wildman–Crippen MR) is 460 cm³/mol. The van der Waals surface area contributed by atoms with Gasteiger partial charge in [0.05, 0.1) is 85.8 Å². The van der Waals surface area contributed by atoms with E-state index >= 15 is 0 Å². The summed E-state index contributed by atoms with van der Waals surface area (Å²) in [5, 5.41) is 45.9. The highest BCUT2D eigenvalue weighted by atomic mass is 35.5. The Hall–Kier alpha value is -14.0. The Balaban J connectivity index is 0.000000226. The number of oxime groups is 2. The first-order valence-corrected chi connectivity index (χ1v) is 39.1. The van der Waals surface area contributed by atoms with Gasteiger partial charge in [0, 0.05) is 103 Å². The Kier molecular flexibility index (Phi) is 40.1. The van der Waals surface area contributed by atoms with Gasteiger partial charge in [-0.3, -0.25) is 24.2 Å². The van der Waals surface area contributed by atoms with Crippen LogP contribution in [0.5, 0.6) is 0 Å². The molecule has 1 aliphatic rings. The van der Waals surface area contributed by atoms with E-state index in [4.69, 9.17) is 134 Å². The SMILES string of the molecule is C#CCCC(=O)c1ccc(Cl)s1.CN1CCN=C1c1ccc(-c2cc(CCC(=O)c3ccc(Cl)s3)on2)c(F)c1.[C-]#[N+]c1ccc(-c2cc(CCC(=O)c3ccc(Cl)s3)on2)c(F)c1.[C-]#[N+]c1ccc(/C(Cl)=N/O)c(F)c1.[C-]#[N+]c1ccc(/C(Cl)=N/O)c(F)c1.[C-]#[N+]c1ccc(C(=O)O)c(F)c1.[C-]#[N+]c1ccc(C=O)c(F)c1.[C-]#[N+]c1ccc(CO)c(F)c1. The minimum absolute atomic E-state index is 0.00755. The van der Waals surface area contributed by atoms with Crippen molar-refractivity contribution >= 4 is 172 Å². The van der Waals surface area contributed by atoms with Crippen molar-refractivity contribution in [3.05, 3.63) is 358 Å². The van der Waals surface area contributed by atoms with E-state index in [1.807, 2.05) is 18.0 Å². The van der Waals surface area contributed by atoms with Gasteiger partial charge < -0.3 is 34.6 Å². The van der Waals surface area contributed by atoms with Crippen molar-refractivity contribution in [2.45, 2.75) is 45.1 Å². The first-order chi connectivity index (χ1) is 59.4. The fourth-order valence-electron chi connectivity index (χ4n) is 9.78. The van der Waals surface area contributed by atoms with Gasteiger partial charge in [0.25, 0.3) is 0 Å². The number of aliphatic hydroxyl groups excluding tert-OH is 1. The molecule has 5 aromatic heterocycles. The predicted octanol–water partition coefficient (Wildman–Crippen LogP) is 24.9. The van der Waals surface area contributed by atoms with Crippen molar-refractivity contribution in [2.75, 3.05) is 20.1 Å². The van der Waals surface area contributed by atoms with Crippen molar-refractivity contribution in [1.82, 2.24) is 15.2 Å². The maximum absolute atomic E-state index is 14.6. The largest absolute Gasteiger partial charge is 0.478 e. The number of carboxylic acid groups (broad SMARTS) is 1. The van der Waals surface area contributed by atoms with Gasteiger partial charge in [-0.25, -0.2) is 64.6 Å². The number of terminal acetylenes is 1. The average molecular weight is 1840 g/mol. The molecule has 12 aromatic rings. The lowest BCUT2D eigenvalue weighted by atomic mass is 10.1. The lowest BCUT2D eigenvalue weighted by Crippen LogP contribution is -2.23. The Morgan fingerprint density at radius 2 is 0.879 bits per heavy atom. The highest BCUT2D eigenvalue weighted by Gasteiger charge is 2.21. The Labute approximate surface area is 739 Å². The maximum Gasteiger partial charge on any atom is 0.338 e. The molecule has 0 saturated heterocycles. The first-order valence-electron chi connectivity index (χ1n) is 34.7. The molecule has 4 N–H and O–H groups in total. The number of thiophene rings is 3. The van der Waals surface area contributed by atoms with Gasteiger partial charge in [-0.15, -0.1) is 46.4 Å². The molecule has 0 radical (unpaired) electrons. The third-order valence-electron chi connectivity index (χ3n) is 15.9. The number of likely N-dealkylation sites (N-methyl/N-ethyl adjacent to an activating group) is 1. The number of halogens is 12.